The van der Waals surface area contributed by atoms with E-state index in [1.54, 1.807) is 11.3 Å². The van der Waals surface area contributed by atoms with Crippen molar-refractivity contribution in [3.05, 3.63) is 39.9 Å². The fourth-order valence-corrected chi connectivity index (χ4v) is 2.69. The molecule has 0 aliphatic rings. The molecule has 0 N–H and O–H groups in total. The summed E-state index contributed by atoms with van der Waals surface area (Å²) in [5.74, 6) is 0.454. The maximum Gasteiger partial charge on any atom is 0.123 e. The number of halogens is 2. The van der Waals surface area contributed by atoms with Gasteiger partial charge in [-0.3, -0.25) is 0 Å². The van der Waals surface area contributed by atoms with Gasteiger partial charge in [-0.05, 0) is 30.7 Å². The molecule has 0 bridgehead atoms. The molecule has 1 aromatic heterocycles. The molecule has 0 radical (unpaired) electrons. The number of hydrogen-bond donors (Lipinski definition) is 0. The maximum absolute atomic E-state index is 5.99. The zero-order valence-electron chi connectivity index (χ0n) is 8.13. The Morgan fingerprint density at radius 3 is 2.73 bits per heavy atom. The van der Waals surface area contributed by atoms with Crippen LogP contribution in [-0.2, 0) is 5.88 Å². The van der Waals surface area contributed by atoms with Crippen LogP contribution in [0.4, 0.5) is 0 Å². The highest BCUT2D eigenvalue weighted by Gasteiger charge is 2.05. The van der Waals surface area contributed by atoms with Gasteiger partial charge in [0.2, 0.25) is 0 Å². The Kier molecular flexibility index (Phi) is 3.29. The summed E-state index contributed by atoms with van der Waals surface area (Å²) in [6.07, 6.45) is 0. The third-order valence-electron chi connectivity index (χ3n) is 1.98. The molecule has 0 spiro atoms. The average Bonchev–Trinajstić information content (AvgIpc) is 2.64. The molecule has 0 aliphatic heterocycles. The largest absolute Gasteiger partial charge is 0.240 e. The second kappa shape index (κ2) is 4.52. The van der Waals surface area contributed by atoms with Gasteiger partial charge in [-0.15, -0.1) is 22.9 Å². The van der Waals surface area contributed by atoms with Crippen molar-refractivity contribution >= 4 is 34.5 Å². The predicted molar refractivity (Wildman–Crippen MR) is 66.9 cm³/mol. The molecule has 0 saturated carbocycles. The third-order valence-corrected chi connectivity index (χ3v) is 3.41. The fourth-order valence-electron chi connectivity index (χ4n) is 1.36. The smallest absolute Gasteiger partial charge is 0.123 e. The first-order chi connectivity index (χ1) is 7.19. The molecule has 15 heavy (non-hydrogen) atoms. The van der Waals surface area contributed by atoms with Gasteiger partial charge in [0.25, 0.3) is 0 Å². The summed E-state index contributed by atoms with van der Waals surface area (Å²) in [5, 5.41) is 3.68. The summed E-state index contributed by atoms with van der Waals surface area (Å²) in [6.45, 7) is 2.02. The van der Waals surface area contributed by atoms with Gasteiger partial charge in [0.05, 0.1) is 11.6 Å². The monoisotopic (exact) mass is 257 g/mol. The number of nitrogens with zero attached hydrogens (tertiary/aromatic N) is 1. The Balaban J connectivity index is 2.44. The van der Waals surface area contributed by atoms with Crippen LogP contribution in [0.5, 0.6) is 0 Å². The van der Waals surface area contributed by atoms with E-state index in [1.807, 2.05) is 24.4 Å². The number of aromatic nitrogens is 1. The molecule has 0 aliphatic carbocycles. The topological polar surface area (TPSA) is 12.9 Å². The number of alkyl halides is 1. The van der Waals surface area contributed by atoms with Gasteiger partial charge in [0.15, 0.2) is 0 Å². The normalized spacial score (nSPS) is 10.6. The fraction of sp³-hybridized carbons (Fsp3) is 0.182. The molecule has 1 nitrogen and oxygen atoms in total. The van der Waals surface area contributed by atoms with Crippen molar-refractivity contribution in [2.75, 3.05) is 0 Å². The van der Waals surface area contributed by atoms with E-state index in [0.29, 0.717) is 5.88 Å². The Morgan fingerprint density at radius 2 is 2.13 bits per heavy atom. The lowest BCUT2D eigenvalue weighted by Crippen LogP contribution is -1.81. The molecule has 0 saturated heterocycles. The minimum Gasteiger partial charge on any atom is -0.240 e. The van der Waals surface area contributed by atoms with Crippen LogP contribution in [0.25, 0.3) is 10.6 Å². The van der Waals surface area contributed by atoms with E-state index in [2.05, 4.69) is 11.1 Å². The van der Waals surface area contributed by atoms with Crippen LogP contribution in [0.15, 0.2) is 23.6 Å². The van der Waals surface area contributed by atoms with E-state index in [4.69, 9.17) is 23.2 Å². The van der Waals surface area contributed by atoms with Gasteiger partial charge < -0.3 is 0 Å². The number of thiazole rings is 1. The van der Waals surface area contributed by atoms with E-state index in [9.17, 15) is 0 Å². The molecular weight excluding hydrogens is 249 g/mol. The number of rotatable bonds is 2. The Morgan fingerprint density at radius 1 is 1.33 bits per heavy atom. The minimum atomic E-state index is 0.454. The quantitative estimate of drug-likeness (QED) is 0.722. The number of hydrogen-bond acceptors (Lipinski definition) is 2. The minimum absolute atomic E-state index is 0.454. The second-order valence-corrected chi connectivity index (χ2v) is 4.86. The van der Waals surface area contributed by atoms with Crippen molar-refractivity contribution in [1.82, 2.24) is 4.98 Å². The van der Waals surface area contributed by atoms with Crippen molar-refractivity contribution in [1.29, 1.82) is 0 Å². The van der Waals surface area contributed by atoms with E-state index in [1.165, 1.54) is 0 Å². The van der Waals surface area contributed by atoms with Gasteiger partial charge in [0.1, 0.15) is 5.01 Å². The highest BCUT2D eigenvalue weighted by molar-refractivity contribution is 7.13. The molecule has 2 aromatic rings. The van der Waals surface area contributed by atoms with E-state index < -0.39 is 0 Å². The maximum atomic E-state index is 5.99. The van der Waals surface area contributed by atoms with Crippen molar-refractivity contribution in [2.24, 2.45) is 0 Å². The van der Waals surface area contributed by atoms with Gasteiger partial charge in [-0.2, -0.15) is 0 Å². The van der Waals surface area contributed by atoms with Crippen molar-refractivity contribution in [3.63, 3.8) is 0 Å². The molecule has 78 valence electrons. The summed E-state index contributed by atoms with van der Waals surface area (Å²) in [5.41, 5.74) is 3.11. The van der Waals surface area contributed by atoms with Gasteiger partial charge in [0, 0.05) is 16.0 Å². The zero-order valence-corrected chi connectivity index (χ0v) is 10.5. The molecule has 0 atom stereocenters. The van der Waals surface area contributed by atoms with Crippen LogP contribution in [0.3, 0.4) is 0 Å². The molecule has 1 heterocycles. The van der Waals surface area contributed by atoms with Crippen LogP contribution in [0.2, 0.25) is 5.02 Å². The van der Waals surface area contributed by atoms with Crippen LogP contribution in [0.1, 0.15) is 11.3 Å². The Labute approximate surface area is 103 Å². The lowest BCUT2D eigenvalue weighted by atomic mass is 10.1. The predicted octanol–water partition coefficient (Wildman–Crippen LogP) is 4.51. The van der Waals surface area contributed by atoms with Crippen molar-refractivity contribution in [2.45, 2.75) is 12.8 Å². The van der Waals surface area contributed by atoms with Gasteiger partial charge >= 0.3 is 0 Å². The van der Waals surface area contributed by atoms with Crippen molar-refractivity contribution in [3.8, 4) is 10.6 Å². The average molecular weight is 258 g/mol. The lowest BCUT2D eigenvalue weighted by Gasteiger charge is -1.99. The summed E-state index contributed by atoms with van der Waals surface area (Å²) in [6, 6.07) is 5.93. The summed E-state index contributed by atoms with van der Waals surface area (Å²) in [7, 11) is 0. The molecule has 0 unspecified atom stereocenters. The Hall–Kier alpha value is -0.570. The van der Waals surface area contributed by atoms with Crippen LogP contribution >= 0.6 is 34.5 Å². The summed E-state index contributed by atoms with van der Waals surface area (Å²) in [4.78, 5) is 4.41. The first-order valence-electron chi connectivity index (χ1n) is 4.47. The molecule has 0 fully saturated rings. The van der Waals surface area contributed by atoms with Crippen LogP contribution in [-0.4, -0.2) is 4.98 Å². The first kappa shape index (κ1) is 10.9. The second-order valence-electron chi connectivity index (χ2n) is 3.29. The molecular formula is C11H9Cl2NS. The van der Waals surface area contributed by atoms with Gasteiger partial charge in [-0.1, -0.05) is 11.6 Å². The SMILES string of the molecule is Cc1cc(Cl)cc(-c2nc(CCl)cs2)c1. The standard InChI is InChI=1S/C11H9Cl2NS/c1-7-2-8(4-9(13)3-7)11-14-10(5-12)6-15-11/h2-4,6H,5H2,1H3. The Bertz CT molecular complexity index is 459. The van der Waals surface area contributed by atoms with E-state index in [0.717, 1.165) is 26.9 Å². The molecule has 2 rings (SSSR count). The molecule has 4 heteroatoms. The van der Waals surface area contributed by atoms with Crippen LogP contribution < -0.4 is 0 Å². The van der Waals surface area contributed by atoms with Crippen LogP contribution in [0, 0.1) is 6.92 Å². The lowest BCUT2D eigenvalue weighted by molar-refractivity contribution is 1.23. The zero-order chi connectivity index (χ0) is 10.8. The third kappa shape index (κ3) is 2.51. The van der Waals surface area contributed by atoms with Gasteiger partial charge in [-0.25, -0.2) is 4.98 Å². The van der Waals surface area contributed by atoms with E-state index in [-0.39, 0.29) is 0 Å². The summed E-state index contributed by atoms with van der Waals surface area (Å²) >= 11 is 13.3. The molecule has 1 aromatic carbocycles. The molecule has 0 amide bonds. The first-order valence-corrected chi connectivity index (χ1v) is 6.26. The van der Waals surface area contributed by atoms with E-state index >= 15 is 0 Å². The highest BCUT2D eigenvalue weighted by Crippen LogP contribution is 2.27. The highest BCUT2D eigenvalue weighted by atomic mass is 35.5. The number of aryl methyl sites for hydroxylation is 1. The number of benzene rings is 1. The van der Waals surface area contributed by atoms with Crippen molar-refractivity contribution < 1.29 is 0 Å². The summed E-state index contributed by atoms with van der Waals surface area (Å²) < 4.78 is 0.